The molecule has 0 fully saturated rings. The van der Waals surface area contributed by atoms with E-state index in [1.165, 1.54) is 0 Å². The molecule has 1 aliphatic heterocycles. The highest BCUT2D eigenvalue weighted by Gasteiger charge is 2.11. The molecule has 0 N–H and O–H groups in total. The minimum atomic E-state index is -0.252. The lowest BCUT2D eigenvalue weighted by atomic mass is 10.3. The molecule has 0 aliphatic carbocycles. The lowest BCUT2D eigenvalue weighted by Crippen LogP contribution is -1.92. The highest BCUT2D eigenvalue weighted by molar-refractivity contribution is 6.00. The Balaban J connectivity index is 0.000000291. The smallest absolute Gasteiger partial charge is 0.318 e. The van der Waals surface area contributed by atoms with Crippen molar-refractivity contribution in [2.24, 2.45) is 5.16 Å². The average Bonchev–Trinajstić information content (AvgIpc) is 2.20. The number of nitrogens with zero attached hydrogens (tertiary/aromatic N) is 1. The Morgan fingerprint density at radius 1 is 1.56 bits per heavy atom. The summed E-state index contributed by atoms with van der Waals surface area (Å²) < 4.78 is 0. The van der Waals surface area contributed by atoms with Gasteiger partial charge in [-0.3, -0.25) is 0 Å². The molecule has 3 heteroatoms. The van der Waals surface area contributed by atoms with Crippen LogP contribution in [0.4, 0.5) is 0 Å². The molecule has 0 spiro atoms. The minimum absolute atomic E-state index is 0.252. The Kier molecular flexibility index (Phi) is 3.67. The summed E-state index contributed by atoms with van der Waals surface area (Å²) in [5.41, 5.74) is 0.755. The Morgan fingerprint density at radius 2 is 2.11 bits per heavy atom. The summed E-state index contributed by atoms with van der Waals surface area (Å²) in [7, 11) is 0. The first-order valence-electron chi connectivity index (χ1n) is 3.02. The standard InChI is InChI=1S/C4H5NO2.C2H6/c1-3-2-4(6)7-5-3;1-2/h2H2,1H3;1-2H3. The molecule has 1 heterocycles. The molecule has 0 aromatic carbocycles. The maximum Gasteiger partial charge on any atom is 0.340 e. The van der Waals surface area contributed by atoms with Crippen molar-refractivity contribution in [1.29, 1.82) is 0 Å². The first-order valence-corrected chi connectivity index (χ1v) is 3.02. The molecule has 1 rings (SSSR count). The fourth-order valence-electron chi connectivity index (χ4n) is 0.402. The molecule has 0 radical (unpaired) electrons. The zero-order valence-electron chi connectivity index (χ0n) is 5.97. The van der Waals surface area contributed by atoms with Gasteiger partial charge in [-0.15, -0.1) is 0 Å². The molecule has 0 atom stereocenters. The quantitative estimate of drug-likeness (QED) is 0.463. The van der Waals surface area contributed by atoms with Gasteiger partial charge in [-0.25, -0.2) is 4.79 Å². The molecule has 0 bridgehead atoms. The van der Waals surface area contributed by atoms with Gasteiger partial charge in [-0.05, 0) is 6.92 Å². The third kappa shape index (κ3) is 2.85. The Labute approximate surface area is 54.7 Å². The monoisotopic (exact) mass is 129 g/mol. The van der Waals surface area contributed by atoms with Crippen molar-refractivity contribution < 1.29 is 9.63 Å². The highest BCUT2D eigenvalue weighted by Crippen LogP contribution is 1.99. The second kappa shape index (κ2) is 4.06. The molecule has 52 valence electrons. The lowest BCUT2D eigenvalue weighted by molar-refractivity contribution is -0.140. The van der Waals surface area contributed by atoms with Gasteiger partial charge in [0, 0.05) is 0 Å². The summed E-state index contributed by atoms with van der Waals surface area (Å²) >= 11 is 0. The van der Waals surface area contributed by atoms with Crippen molar-refractivity contribution in [2.45, 2.75) is 27.2 Å². The maximum absolute atomic E-state index is 10.1. The Hall–Kier alpha value is -0.860. The van der Waals surface area contributed by atoms with E-state index >= 15 is 0 Å². The van der Waals surface area contributed by atoms with Crippen molar-refractivity contribution >= 4 is 11.7 Å². The van der Waals surface area contributed by atoms with Crippen LogP contribution in [0.25, 0.3) is 0 Å². The van der Waals surface area contributed by atoms with Gasteiger partial charge in [-0.1, -0.05) is 19.0 Å². The summed E-state index contributed by atoms with van der Waals surface area (Å²) in [4.78, 5) is 14.3. The number of hydrogen-bond acceptors (Lipinski definition) is 3. The van der Waals surface area contributed by atoms with Crippen molar-refractivity contribution in [2.75, 3.05) is 0 Å². The van der Waals surface area contributed by atoms with Gasteiger partial charge >= 0.3 is 5.97 Å². The molecule has 1 aliphatic rings. The molecule has 3 nitrogen and oxygen atoms in total. The van der Waals surface area contributed by atoms with Crippen LogP contribution in [0.1, 0.15) is 27.2 Å². The van der Waals surface area contributed by atoms with Crippen molar-refractivity contribution in [3.8, 4) is 0 Å². The van der Waals surface area contributed by atoms with Crippen molar-refractivity contribution in [1.82, 2.24) is 0 Å². The fraction of sp³-hybridized carbons (Fsp3) is 0.667. The molecule has 0 saturated carbocycles. The second-order valence-electron chi connectivity index (χ2n) is 1.47. The van der Waals surface area contributed by atoms with Crippen molar-refractivity contribution in [3.05, 3.63) is 0 Å². The Morgan fingerprint density at radius 3 is 2.22 bits per heavy atom. The van der Waals surface area contributed by atoms with E-state index in [2.05, 4.69) is 9.99 Å². The number of hydrogen-bond donors (Lipinski definition) is 0. The average molecular weight is 129 g/mol. The molecule has 0 amide bonds. The summed E-state index contributed by atoms with van der Waals surface area (Å²) in [6.07, 6.45) is 0.361. The third-order valence-electron chi connectivity index (χ3n) is 0.703. The van der Waals surface area contributed by atoms with Crippen LogP contribution in [0.15, 0.2) is 5.16 Å². The van der Waals surface area contributed by atoms with E-state index in [1.54, 1.807) is 6.92 Å². The predicted octanol–water partition coefficient (Wildman–Crippen LogP) is 1.34. The number of carbonyl (C=O) groups excluding carboxylic acids is 1. The van der Waals surface area contributed by atoms with Crippen LogP contribution < -0.4 is 0 Å². The molecule has 0 unspecified atom stereocenters. The number of rotatable bonds is 0. The van der Waals surface area contributed by atoms with Crippen LogP contribution in [-0.4, -0.2) is 11.7 Å². The number of carbonyl (C=O) groups is 1. The molecule has 0 aromatic rings. The van der Waals surface area contributed by atoms with Crippen LogP contribution in [0.2, 0.25) is 0 Å². The van der Waals surface area contributed by atoms with Gasteiger partial charge in [0.2, 0.25) is 0 Å². The zero-order chi connectivity index (χ0) is 7.28. The SMILES string of the molecule is CC.CC1=NOC(=O)C1. The van der Waals surface area contributed by atoms with Crippen LogP contribution in [0, 0.1) is 0 Å². The van der Waals surface area contributed by atoms with Crippen LogP contribution in [0.3, 0.4) is 0 Å². The normalized spacial score (nSPS) is 15.4. The lowest BCUT2D eigenvalue weighted by Gasteiger charge is -1.75. The van der Waals surface area contributed by atoms with Gasteiger partial charge in [0.1, 0.15) is 0 Å². The minimum Gasteiger partial charge on any atom is -0.318 e. The van der Waals surface area contributed by atoms with E-state index in [0.29, 0.717) is 6.42 Å². The maximum atomic E-state index is 10.1. The Bertz CT molecular complexity index is 129. The van der Waals surface area contributed by atoms with Crippen LogP contribution >= 0.6 is 0 Å². The van der Waals surface area contributed by atoms with Gasteiger partial charge < -0.3 is 4.84 Å². The van der Waals surface area contributed by atoms with E-state index in [-0.39, 0.29) is 5.97 Å². The molecule has 0 aromatic heterocycles. The van der Waals surface area contributed by atoms with Gasteiger partial charge in [0.05, 0.1) is 12.1 Å². The molecule has 0 saturated heterocycles. The molecular weight excluding hydrogens is 118 g/mol. The topological polar surface area (TPSA) is 38.7 Å². The van der Waals surface area contributed by atoms with Crippen LogP contribution in [0.5, 0.6) is 0 Å². The summed E-state index contributed by atoms with van der Waals surface area (Å²) in [5, 5.41) is 3.38. The largest absolute Gasteiger partial charge is 0.340 e. The van der Waals surface area contributed by atoms with E-state index in [9.17, 15) is 4.79 Å². The van der Waals surface area contributed by atoms with Crippen LogP contribution in [-0.2, 0) is 9.63 Å². The van der Waals surface area contributed by atoms with E-state index in [4.69, 9.17) is 0 Å². The van der Waals surface area contributed by atoms with E-state index in [0.717, 1.165) is 5.71 Å². The van der Waals surface area contributed by atoms with E-state index in [1.807, 2.05) is 13.8 Å². The highest BCUT2D eigenvalue weighted by atomic mass is 16.7. The molecule has 9 heavy (non-hydrogen) atoms. The second-order valence-corrected chi connectivity index (χ2v) is 1.47. The first-order chi connectivity index (χ1) is 4.29. The predicted molar refractivity (Wildman–Crippen MR) is 35.2 cm³/mol. The van der Waals surface area contributed by atoms with Gasteiger partial charge in [0.15, 0.2) is 0 Å². The molecular formula is C6H11NO2. The summed E-state index contributed by atoms with van der Waals surface area (Å²) in [5.74, 6) is -0.252. The van der Waals surface area contributed by atoms with E-state index < -0.39 is 0 Å². The van der Waals surface area contributed by atoms with Gasteiger partial charge in [0.25, 0.3) is 0 Å². The van der Waals surface area contributed by atoms with Gasteiger partial charge in [-0.2, -0.15) is 0 Å². The summed E-state index contributed by atoms with van der Waals surface area (Å²) in [6, 6.07) is 0. The fourth-order valence-corrected chi connectivity index (χ4v) is 0.402. The first kappa shape index (κ1) is 8.14. The third-order valence-corrected chi connectivity index (χ3v) is 0.703. The number of oxime groups is 1. The van der Waals surface area contributed by atoms with Crippen molar-refractivity contribution in [3.63, 3.8) is 0 Å². The zero-order valence-corrected chi connectivity index (χ0v) is 5.97. The summed E-state index contributed by atoms with van der Waals surface area (Å²) in [6.45, 7) is 5.75.